The minimum atomic E-state index is -3.72. The Hall–Kier alpha value is -1.84. The topological polar surface area (TPSA) is 104 Å². The summed E-state index contributed by atoms with van der Waals surface area (Å²) in [6.45, 7) is 0. The van der Waals surface area contributed by atoms with Gasteiger partial charge in [0.2, 0.25) is 5.91 Å². The van der Waals surface area contributed by atoms with Crippen molar-refractivity contribution in [2.75, 3.05) is 13.4 Å². The molecule has 1 heterocycles. The quantitative estimate of drug-likeness (QED) is 0.852. The lowest BCUT2D eigenvalue weighted by molar-refractivity contribution is 0.1000. The summed E-state index contributed by atoms with van der Waals surface area (Å²) in [5.41, 5.74) is 4.56. The van der Waals surface area contributed by atoms with Crippen LogP contribution in [0.5, 0.6) is 5.75 Å². The number of hydrogen-bond donors (Lipinski definition) is 1. The van der Waals surface area contributed by atoms with Gasteiger partial charge in [-0.1, -0.05) is 23.2 Å². The molecule has 0 saturated heterocycles. The highest BCUT2D eigenvalue weighted by Crippen LogP contribution is 2.40. The van der Waals surface area contributed by atoms with E-state index in [-0.39, 0.29) is 31.9 Å². The van der Waals surface area contributed by atoms with Crippen molar-refractivity contribution in [3.63, 3.8) is 0 Å². The zero-order valence-corrected chi connectivity index (χ0v) is 15.1. The van der Waals surface area contributed by atoms with Crippen LogP contribution >= 0.6 is 23.2 Å². The molecule has 0 radical (unpaired) electrons. The maximum Gasteiger partial charge on any atom is 0.250 e. The highest BCUT2D eigenvalue weighted by molar-refractivity contribution is 7.90. The van der Waals surface area contributed by atoms with E-state index in [4.69, 9.17) is 33.7 Å². The van der Waals surface area contributed by atoms with Crippen LogP contribution in [0.3, 0.4) is 0 Å². The molecule has 0 aliphatic heterocycles. The standard InChI is InChI=1S/C13H12Cl2FN3O4S/c1-19-13(24(3,21)22)8(15)10(18-19)6-4-5(12(17)20)7(14)11(23-2)9(6)16/h4H,1-3H3,(H2,17,20). The number of aryl methyl sites for hydroxylation is 1. The first kappa shape index (κ1) is 18.5. The average molecular weight is 396 g/mol. The predicted octanol–water partition coefficient (Wildman–Crippen LogP) is 2.04. The summed E-state index contributed by atoms with van der Waals surface area (Å²) >= 11 is 12.0. The lowest BCUT2D eigenvalue weighted by Crippen LogP contribution is -2.13. The normalized spacial score (nSPS) is 11.6. The lowest BCUT2D eigenvalue weighted by atomic mass is 10.1. The first-order valence-corrected chi connectivity index (χ1v) is 8.94. The zero-order chi connectivity index (χ0) is 18.4. The van der Waals surface area contributed by atoms with Gasteiger partial charge in [0.25, 0.3) is 0 Å². The molecule has 0 fully saturated rings. The molecule has 0 atom stereocenters. The fourth-order valence-electron chi connectivity index (χ4n) is 2.20. The molecule has 7 nitrogen and oxygen atoms in total. The van der Waals surface area contributed by atoms with Crippen molar-refractivity contribution in [2.24, 2.45) is 12.8 Å². The molecule has 11 heteroatoms. The van der Waals surface area contributed by atoms with E-state index in [1.165, 1.54) is 7.05 Å². The molecular weight excluding hydrogens is 384 g/mol. The van der Waals surface area contributed by atoms with Gasteiger partial charge in [-0.05, 0) is 6.07 Å². The number of carbonyl (C=O) groups excluding carboxylic acids is 1. The van der Waals surface area contributed by atoms with Crippen molar-refractivity contribution >= 4 is 38.9 Å². The summed E-state index contributed by atoms with van der Waals surface area (Å²) in [7, 11) is -1.22. The third-order valence-corrected chi connectivity index (χ3v) is 5.19. The van der Waals surface area contributed by atoms with Crippen LogP contribution in [-0.4, -0.2) is 37.5 Å². The number of amides is 1. The molecule has 1 amide bonds. The van der Waals surface area contributed by atoms with Gasteiger partial charge < -0.3 is 10.5 Å². The third-order valence-electron chi connectivity index (χ3n) is 3.18. The van der Waals surface area contributed by atoms with E-state index in [0.29, 0.717) is 0 Å². The molecule has 0 aliphatic rings. The third kappa shape index (κ3) is 2.94. The Balaban J connectivity index is 2.89. The van der Waals surface area contributed by atoms with Gasteiger partial charge in [-0.25, -0.2) is 12.8 Å². The van der Waals surface area contributed by atoms with Crippen LogP contribution in [0.4, 0.5) is 4.39 Å². The maximum absolute atomic E-state index is 14.7. The van der Waals surface area contributed by atoms with Gasteiger partial charge in [-0.3, -0.25) is 9.48 Å². The van der Waals surface area contributed by atoms with Gasteiger partial charge in [0.15, 0.2) is 26.4 Å². The number of sulfone groups is 1. The number of methoxy groups -OCH3 is 1. The minimum absolute atomic E-state index is 0.186. The van der Waals surface area contributed by atoms with E-state index in [0.717, 1.165) is 24.1 Å². The van der Waals surface area contributed by atoms with Gasteiger partial charge >= 0.3 is 0 Å². The van der Waals surface area contributed by atoms with Crippen molar-refractivity contribution in [2.45, 2.75) is 5.03 Å². The van der Waals surface area contributed by atoms with Gasteiger partial charge in [0, 0.05) is 18.9 Å². The maximum atomic E-state index is 14.7. The number of benzene rings is 1. The molecule has 24 heavy (non-hydrogen) atoms. The Morgan fingerprint density at radius 2 is 1.96 bits per heavy atom. The van der Waals surface area contributed by atoms with Crippen LogP contribution < -0.4 is 10.5 Å². The van der Waals surface area contributed by atoms with Crippen LogP contribution in [0.1, 0.15) is 10.4 Å². The number of hydrogen-bond acceptors (Lipinski definition) is 5. The van der Waals surface area contributed by atoms with Gasteiger partial charge in [0.1, 0.15) is 10.7 Å². The highest BCUT2D eigenvalue weighted by Gasteiger charge is 2.28. The number of aromatic nitrogens is 2. The van der Waals surface area contributed by atoms with E-state index in [2.05, 4.69) is 5.10 Å². The summed E-state index contributed by atoms with van der Waals surface area (Å²) in [5.74, 6) is -2.30. The van der Waals surface area contributed by atoms with Crippen LogP contribution in [0.15, 0.2) is 11.1 Å². The Morgan fingerprint density at radius 3 is 2.38 bits per heavy atom. The van der Waals surface area contributed by atoms with Crippen LogP contribution in [0, 0.1) is 5.82 Å². The average Bonchev–Trinajstić information content (AvgIpc) is 2.73. The first-order valence-electron chi connectivity index (χ1n) is 6.29. The van der Waals surface area contributed by atoms with Crippen LogP contribution in [0.2, 0.25) is 10.0 Å². The molecule has 2 aromatic rings. The number of nitrogens with two attached hydrogens (primary N) is 1. The number of carbonyl (C=O) groups is 1. The number of halogens is 3. The second-order valence-corrected chi connectivity index (χ2v) is 7.55. The van der Waals surface area contributed by atoms with E-state index >= 15 is 0 Å². The molecule has 0 unspecified atom stereocenters. The van der Waals surface area contributed by atoms with E-state index < -0.39 is 27.3 Å². The molecule has 1 aromatic carbocycles. The summed E-state index contributed by atoms with van der Waals surface area (Å²) in [6.07, 6.45) is 0.938. The summed E-state index contributed by atoms with van der Waals surface area (Å²) in [5, 5.41) is 3.03. The van der Waals surface area contributed by atoms with Crippen molar-refractivity contribution in [3.8, 4) is 17.0 Å². The minimum Gasteiger partial charge on any atom is -0.492 e. The number of ether oxygens (including phenoxy) is 1. The van der Waals surface area contributed by atoms with E-state index in [1.807, 2.05) is 0 Å². The molecule has 130 valence electrons. The monoisotopic (exact) mass is 395 g/mol. The number of rotatable bonds is 4. The fraction of sp³-hybridized carbons (Fsp3) is 0.231. The number of primary amides is 1. The molecule has 0 spiro atoms. The fourth-order valence-corrected chi connectivity index (χ4v) is 4.13. The predicted molar refractivity (Wildman–Crippen MR) is 86.8 cm³/mol. The summed E-state index contributed by atoms with van der Waals surface area (Å²) < 4.78 is 44.1. The van der Waals surface area contributed by atoms with Gasteiger partial charge in [-0.15, -0.1) is 0 Å². The Labute approximate surface area is 147 Å². The van der Waals surface area contributed by atoms with Crippen molar-refractivity contribution in [1.29, 1.82) is 0 Å². The van der Waals surface area contributed by atoms with Crippen molar-refractivity contribution < 1.29 is 22.3 Å². The van der Waals surface area contributed by atoms with Gasteiger partial charge in [-0.2, -0.15) is 5.10 Å². The highest BCUT2D eigenvalue weighted by atomic mass is 35.5. The Morgan fingerprint density at radius 1 is 1.38 bits per heavy atom. The zero-order valence-electron chi connectivity index (χ0n) is 12.7. The first-order chi connectivity index (χ1) is 11.0. The molecule has 2 N–H and O–H groups in total. The Bertz CT molecular complexity index is 957. The summed E-state index contributed by atoms with van der Waals surface area (Å²) in [4.78, 5) is 11.5. The van der Waals surface area contributed by atoms with E-state index in [9.17, 15) is 17.6 Å². The molecule has 0 saturated carbocycles. The molecule has 2 rings (SSSR count). The van der Waals surface area contributed by atoms with E-state index in [1.54, 1.807) is 0 Å². The van der Waals surface area contributed by atoms with Crippen molar-refractivity contribution in [3.05, 3.63) is 27.5 Å². The van der Waals surface area contributed by atoms with Gasteiger partial charge in [0.05, 0.1) is 17.7 Å². The second-order valence-electron chi connectivity index (χ2n) is 4.86. The molecule has 0 aliphatic carbocycles. The summed E-state index contributed by atoms with van der Waals surface area (Å²) in [6, 6.07) is 1.04. The molecule has 1 aromatic heterocycles. The lowest BCUT2D eigenvalue weighted by Gasteiger charge is -2.11. The largest absolute Gasteiger partial charge is 0.492 e. The molecule has 0 bridgehead atoms. The van der Waals surface area contributed by atoms with Crippen LogP contribution in [0.25, 0.3) is 11.3 Å². The SMILES string of the molecule is COc1c(F)c(-c2nn(C)c(S(C)(=O)=O)c2Cl)cc(C(N)=O)c1Cl. The number of nitrogens with zero attached hydrogens (tertiary/aromatic N) is 2. The second kappa shape index (κ2) is 6.23. The van der Waals surface area contributed by atoms with Crippen LogP contribution in [-0.2, 0) is 16.9 Å². The molecular formula is C13H12Cl2FN3O4S. The smallest absolute Gasteiger partial charge is 0.250 e. The van der Waals surface area contributed by atoms with Crippen molar-refractivity contribution in [1.82, 2.24) is 9.78 Å². The Kier molecular flexibility index (Phi) is 4.80.